The van der Waals surface area contributed by atoms with Crippen molar-refractivity contribution in [3.8, 4) is 5.75 Å². The number of halogens is 2. The van der Waals surface area contributed by atoms with Crippen LogP contribution in [-0.4, -0.2) is 31.1 Å². The number of ether oxygens (including phenoxy) is 2. The smallest absolute Gasteiger partial charge is 0.330 e. The molecule has 0 bridgehead atoms. The van der Waals surface area contributed by atoms with Crippen molar-refractivity contribution in [3.63, 3.8) is 0 Å². The Balaban J connectivity index is 2.44. The van der Waals surface area contributed by atoms with E-state index >= 15 is 0 Å². The summed E-state index contributed by atoms with van der Waals surface area (Å²) < 4.78 is 10.3. The first-order valence-corrected chi connectivity index (χ1v) is 10.3. The molecular formula is C22H29Cl2NO4. The number of esters is 1. The lowest BCUT2D eigenvalue weighted by Gasteiger charge is -2.21. The Kier molecular flexibility index (Phi) is 11.5. The molecule has 0 aliphatic carbocycles. The van der Waals surface area contributed by atoms with Gasteiger partial charge in [0.2, 0.25) is 0 Å². The lowest BCUT2D eigenvalue weighted by Crippen LogP contribution is -2.38. The van der Waals surface area contributed by atoms with Crippen LogP contribution in [0.1, 0.15) is 40.0 Å². The van der Waals surface area contributed by atoms with Crippen molar-refractivity contribution in [1.29, 1.82) is 0 Å². The Labute approximate surface area is 183 Å². The average Bonchev–Trinajstić information content (AvgIpc) is 2.64. The van der Waals surface area contributed by atoms with Gasteiger partial charge in [-0.2, -0.15) is 0 Å². The normalized spacial score (nSPS) is 13.0. The molecule has 1 amide bonds. The highest BCUT2D eigenvalue weighted by Gasteiger charge is 2.15. The van der Waals surface area contributed by atoms with E-state index in [-0.39, 0.29) is 24.5 Å². The lowest BCUT2D eigenvalue weighted by molar-refractivity contribution is -0.137. The Morgan fingerprint density at radius 1 is 1.28 bits per heavy atom. The van der Waals surface area contributed by atoms with Crippen LogP contribution in [0.5, 0.6) is 5.75 Å². The van der Waals surface area contributed by atoms with Crippen molar-refractivity contribution in [2.45, 2.75) is 46.1 Å². The molecule has 5 nitrogen and oxygen atoms in total. The molecule has 0 fully saturated rings. The molecule has 29 heavy (non-hydrogen) atoms. The predicted molar refractivity (Wildman–Crippen MR) is 117 cm³/mol. The maximum absolute atomic E-state index is 12.3. The summed E-state index contributed by atoms with van der Waals surface area (Å²) in [5.41, 5.74) is 0.872. The van der Waals surface area contributed by atoms with Gasteiger partial charge in [-0.25, -0.2) is 4.79 Å². The first-order chi connectivity index (χ1) is 13.7. The second-order valence-corrected chi connectivity index (χ2v) is 7.75. The fourth-order valence-electron chi connectivity index (χ4n) is 2.57. The molecule has 0 radical (unpaired) electrons. The quantitative estimate of drug-likeness (QED) is 0.269. The summed E-state index contributed by atoms with van der Waals surface area (Å²) >= 11 is 11.9. The van der Waals surface area contributed by atoms with Crippen molar-refractivity contribution in [2.75, 3.05) is 13.2 Å². The summed E-state index contributed by atoms with van der Waals surface area (Å²) in [5, 5.41) is 3.79. The number of hydrogen-bond acceptors (Lipinski definition) is 4. The highest BCUT2D eigenvalue weighted by atomic mass is 35.5. The molecule has 0 aromatic heterocycles. The molecule has 0 spiro atoms. The number of rotatable bonds is 12. The van der Waals surface area contributed by atoms with E-state index in [2.05, 4.69) is 18.8 Å². The van der Waals surface area contributed by atoms with E-state index < -0.39 is 0 Å². The number of hydrogen-bond donors (Lipinski definition) is 1. The van der Waals surface area contributed by atoms with Gasteiger partial charge in [0.15, 0.2) is 6.61 Å². The molecule has 1 aromatic carbocycles. The van der Waals surface area contributed by atoms with Crippen LogP contribution in [-0.2, 0) is 14.3 Å². The topological polar surface area (TPSA) is 64.6 Å². The van der Waals surface area contributed by atoms with E-state index in [0.29, 0.717) is 28.3 Å². The van der Waals surface area contributed by atoms with Crippen molar-refractivity contribution in [3.05, 3.63) is 52.5 Å². The van der Waals surface area contributed by atoms with E-state index in [9.17, 15) is 9.59 Å². The van der Waals surface area contributed by atoms with Gasteiger partial charge in [0, 0.05) is 17.1 Å². The Hall–Kier alpha value is -1.98. The van der Waals surface area contributed by atoms with Crippen molar-refractivity contribution in [1.82, 2.24) is 5.32 Å². The number of carbonyl (C=O) groups excluding carboxylic acids is 2. The number of nitrogens with one attached hydrogen (secondary N) is 1. The number of amides is 1. The zero-order valence-corrected chi connectivity index (χ0v) is 18.7. The fraction of sp³-hybridized carbons (Fsp3) is 0.455. The third-order valence-electron chi connectivity index (χ3n) is 4.21. The van der Waals surface area contributed by atoms with Gasteiger partial charge >= 0.3 is 5.97 Å². The van der Waals surface area contributed by atoms with Crippen molar-refractivity contribution in [2.24, 2.45) is 5.92 Å². The van der Waals surface area contributed by atoms with Gasteiger partial charge in [0.1, 0.15) is 5.75 Å². The summed E-state index contributed by atoms with van der Waals surface area (Å²) in [7, 11) is 0. The summed E-state index contributed by atoms with van der Waals surface area (Å²) in [5.74, 6) is 0.176. The minimum atomic E-state index is -0.326. The van der Waals surface area contributed by atoms with Crippen molar-refractivity contribution < 1.29 is 19.1 Å². The maximum Gasteiger partial charge on any atom is 0.330 e. The number of carbonyl (C=O) groups is 2. The molecule has 0 saturated carbocycles. The van der Waals surface area contributed by atoms with Gasteiger partial charge in [-0.3, -0.25) is 4.79 Å². The SMILES string of the molecule is C=C(C)C(CCC(C)CC=CC(=O)OCC)NC(=O)COc1ccc(Cl)cc1Cl. The molecular weight excluding hydrogens is 413 g/mol. The van der Waals surface area contributed by atoms with E-state index in [4.69, 9.17) is 32.7 Å². The van der Waals surface area contributed by atoms with Crippen LogP contribution in [0.3, 0.4) is 0 Å². The van der Waals surface area contributed by atoms with E-state index in [1.54, 1.807) is 25.1 Å². The van der Waals surface area contributed by atoms with Gasteiger partial charge in [-0.15, -0.1) is 0 Å². The minimum absolute atomic E-state index is 0.150. The zero-order valence-electron chi connectivity index (χ0n) is 17.2. The molecule has 2 unspecified atom stereocenters. The molecule has 1 aromatic rings. The van der Waals surface area contributed by atoms with Crippen LogP contribution in [0.25, 0.3) is 0 Å². The second kappa shape index (κ2) is 13.3. The number of allylic oxidation sites excluding steroid dienone is 1. The summed E-state index contributed by atoms with van der Waals surface area (Å²) in [6.07, 6.45) is 5.65. The molecule has 2 atom stereocenters. The predicted octanol–water partition coefficient (Wildman–Crippen LogP) is 5.36. The van der Waals surface area contributed by atoms with Crippen LogP contribution in [0, 0.1) is 5.92 Å². The van der Waals surface area contributed by atoms with Crippen molar-refractivity contribution >= 4 is 35.1 Å². The summed E-state index contributed by atoms with van der Waals surface area (Å²) in [6, 6.07) is 4.68. The molecule has 7 heteroatoms. The Bertz CT molecular complexity index is 734. The van der Waals surface area contributed by atoms with Gasteiger partial charge < -0.3 is 14.8 Å². The molecule has 1 rings (SSSR count). The Morgan fingerprint density at radius 2 is 2.00 bits per heavy atom. The number of benzene rings is 1. The highest BCUT2D eigenvalue weighted by molar-refractivity contribution is 6.35. The van der Waals surface area contributed by atoms with Crippen LogP contribution in [0.15, 0.2) is 42.5 Å². The maximum atomic E-state index is 12.3. The largest absolute Gasteiger partial charge is 0.482 e. The molecule has 0 saturated heterocycles. The van der Waals surface area contributed by atoms with E-state index in [0.717, 1.165) is 24.8 Å². The third kappa shape index (κ3) is 10.4. The monoisotopic (exact) mass is 441 g/mol. The van der Waals surface area contributed by atoms with Gasteiger partial charge in [-0.05, 0) is 57.2 Å². The highest BCUT2D eigenvalue weighted by Crippen LogP contribution is 2.27. The Morgan fingerprint density at radius 3 is 2.62 bits per heavy atom. The summed E-state index contributed by atoms with van der Waals surface area (Å²) in [6.45, 7) is 9.94. The molecule has 0 aliphatic rings. The standard InChI is InChI=1S/C22H29Cl2NO4/c1-5-28-22(27)8-6-7-16(4)9-11-19(15(2)3)25-21(26)14-29-20-12-10-17(23)13-18(20)24/h6,8,10,12-13,16,19H,2,5,7,9,11,14H2,1,3-4H3,(H,25,26). The molecule has 0 aliphatic heterocycles. The third-order valence-corrected chi connectivity index (χ3v) is 4.74. The van der Waals surface area contributed by atoms with Crippen LogP contribution in [0.4, 0.5) is 0 Å². The molecule has 160 valence electrons. The van der Waals surface area contributed by atoms with E-state index in [1.807, 2.05) is 13.0 Å². The second-order valence-electron chi connectivity index (χ2n) is 6.90. The van der Waals surface area contributed by atoms with Crippen LogP contribution >= 0.6 is 23.2 Å². The fourth-order valence-corrected chi connectivity index (χ4v) is 3.03. The van der Waals surface area contributed by atoms with Gasteiger partial charge in [-0.1, -0.05) is 48.4 Å². The molecule has 0 heterocycles. The van der Waals surface area contributed by atoms with Crippen LogP contribution < -0.4 is 10.1 Å². The molecule has 1 N–H and O–H groups in total. The first-order valence-electron chi connectivity index (χ1n) is 9.58. The van der Waals surface area contributed by atoms with Gasteiger partial charge in [0.25, 0.3) is 5.91 Å². The average molecular weight is 442 g/mol. The van der Waals surface area contributed by atoms with Crippen LogP contribution in [0.2, 0.25) is 10.0 Å². The minimum Gasteiger partial charge on any atom is -0.482 e. The first kappa shape index (κ1) is 25.1. The van der Waals surface area contributed by atoms with E-state index in [1.165, 1.54) is 6.08 Å². The lowest BCUT2D eigenvalue weighted by atomic mass is 9.95. The van der Waals surface area contributed by atoms with Gasteiger partial charge in [0.05, 0.1) is 11.6 Å². The summed E-state index contributed by atoms with van der Waals surface area (Å²) in [4.78, 5) is 23.6. The zero-order chi connectivity index (χ0) is 21.8.